The molecule has 0 atom stereocenters. The average Bonchev–Trinajstić information content (AvgIpc) is 3.13. The van der Waals surface area contributed by atoms with Gasteiger partial charge < -0.3 is 8.83 Å². The molecular formula is C15H10F6O4. The highest BCUT2D eigenvalue weighted by Gasteiger charge is 2.44. The predicted octanol–water partition coefficient (Wildman–Crippen LogP) is 4.69. The van der Waals surface area contributed by atoms with Crippen LogP contribution in [0.2, 0.25) is 0 Å². The maximum atomic E-state index is 12.4. The number of hydrogen-bond acceptors (Lipinski definition) is 4. The Kier molecular flexibility index (Phi) is 4.35. The van der Waals surface area contributed by atoms with Crippen molar-refractivity contribution in [1.29, 1.82) is 0 Å². The summed E-state index contributed by atoms with van der Waals surface area (Å²) in [6.45, 7) is 2.77. The van der Waals surface area contributed by atoms with Gasteiger partial charge in [-0.05, 0) is 38.1 Å². The normalized spacial score (nSPS) is 13.1. The highest BCUT2D eigenvalue weighted by molar-refractivity contribution is 5.98. The maximum absolute atomic E-state index is 12.4. The van der Waals surface area contributed by atoms with Crippen LogP contribution < -0.4 is 0 Å². The van der Waals surface area contributed by atoms with Gasteiger partial charge in [0.2, 0.25) is 0 Å². The quantitative estimate of drug-likeness (QED) is 0.580. The van der Waals surface area contributed by atoms with Crippen LogP contribution in [-0.4, -0.2) is 23.9 Å². The average molecular weight is 368 g/mol. The lowest BCUT2D eigenvalue weighted by atomic mass is 9.87. The fraction of sp³-hybridized carbons (Fsp3) is 0.333. The highest BCUT2D eigenvalue weighted by Crippen LogP contribution is 2.36. The van der Waals surface area contributed by atoms with Gasteiger partial charge in [0.1, 0.15) is 11.5 Å². The molecule has 2 aromatic heterocycles. The second-order valence-corrected chi connectivity index (χ2v) is 5.61. The maximum Gasteiger partial charge on any atom is 0.458 e. The van der Waals surface area contributed by atoms with E-state index >= 15 is 0 Å². The molecule has 0 fully saturated rings. The van der Waals surface area contributed by atoms with Gasteiger partial charge in [-0.3, -0.25) is 9.59 Å². The third-order valence-corrected chi connectivity index (χ3v) is 3.41. The Morgan fingerprint density at radius 3 is 1.32 bits per heavy atom. The van der Waals surface area contributed by atoms with Gasteiger partial charge in [-0.15, -0.1) is 0 Å². The molecule has 0 aliphatic carbocycles. The second-order valence-electron chi connectivity index (χ2n) is 5.61. The first-order valence-electron chi connectivity index (χ1n) is 6.68. The zero-order valence-corrected chi connectivity index (χ0v) is 12.7. The van der Waals surface area contributed by atoms with Gasteiger partial charge in [-0.25, -0.2) is 0 Å². The molecule has 2 aromatic rings. The summed E-state index contributed by atoms with van der Waals surface area (Å²) in [6.07, 6.45) is -10.3. The first-order chi connectivity index (χ1) is 11.2. The largest absolute Gasteiger partial charge is 0.458 e. The molecule has 4 nitrogen and oxygen atoms in total. The van der Waals surface area contributed by atoms with Crippen molar-refractivity contribution in [2.24, 2.45) is 0 Å². The third-order valence-electron chi connectivity index (χ3n) is 3.41. The van der Waals surface area contributed by atoms with Crippen molar-refractivity contribution in [3.05, 3.63) is 47.3 Å². The molecule has 0 radical (unpaired) electrons. The zero-order chi connectivity index (χ0) is 19.2. The number of ketones is 2. The molecule has 25 heavy (non-hydrogen) atoms. The molecule has 0 N–H and O–H groups in total. The number of Topliss-reactive ketones (excluding diaryl/α,β-unsaturated/α-hetero) is 2. The van der Waals surface area contributed by atoms with Crippen LogP contribution in [0.1, 0.15) is 46.5 Å². The van der Waals surface area contributed by atoms with E-state index in [4.69, 9.17) is 8.83 Å². The number of rotatable bonds is 4. The SMILES string of the molecule is CC(C)(c1ccc(C(=O)C(F)(F)F)o1)c1ccc(C(=O)C(F)(F)F)o1. The molecular weight excluding hydrogens is 358 g/mol. The Balaban J connectivity index is 2.34. The van der Waals surface area contributed by atoms with Crippen molar-refractivity contribution in [1.82, 2.24) is 0 Å². The van der Waals surface area contributed by atoms with Crippen LogP contribution in [0, 0.1) is 0 Å². The molecule has 0 aliphatic heterocycles. The molecule has 136 valence electrons. The van der Waals surface area contributed by atoms with Gasteiger partial charge in [-0.1, -0.05) is 0 Å². The van der Waals surface area contributed by atoms with Gasteiger partial charge >= 0.3 is 23.9 Å². The standard InChI is InChI=1S/C15H10F6O4/c1-13(2,9-5-3-7(24-9)11(22)14(16,17)18)10-6-4-8(25-10)12(23)15(19,20)21/h3-6H,1-2H3. The van der Waals surface area contributed by atoms with Crippen molar-refractivity contribution in [3.8, 4) is 0 Å². The lowest BCUT2D eigenvalue weighted by Gasteiger charge is -2.19. The lowest BCUT2D eigenvalue weighted by Crippen LogP contribution is -2.23. The van der Waals surface area contributed by atoms with Gasteiger partial charge in [0.05, 0.1) is 5.41 Å². The van der Waals surface area contributed by atoms with Crippen molar-refractivity contribution in [2.45, 2.75) is 31.6 Å². The van der Waals surface area contributed by atoms with E-state index < -0.39 is 40.9 Å². The van der Waals surface area contributed by atoms with Crippen LogP contribution in [0.15, 0.2) is 33.1 Å². The third kappa shape index (κ3) is 3.62. The number of halogens is 6. The summed E-state index contributed by atoms with van der Waals surface area (Å²) in [5, 5.41) is 0. The molecule has 0 unspecified atom stereocenters. The molecule has 0 aromatic carbocycles. The number of carbonyl (C=O) groups excluding carboxylic acids is 2. The van der Waals surface area contributed by atoms with Gasteiger partial charge in [-0.2, -0.15) is 26.3 Å². The van der Waals surface area contributed by atoms with Gasteiger partial charge in [0.25, 0.3) is 0 Å². The molecule has 10 heteroatoms. The van der Waals surface area contributed by atoms with Crippen molar-refractivity contribution >= 4 is 11.6 Å². The van der Waals surface area contributed by atoms with Crippen LogP contribution in [0.4, 0.5) is 26.3 Å². The zero-order valence-electron chi connectivity index (χ0n) is 12.7. The number of furan rings is 2. The van der Waals surface area contributed by atoms with Crippen molar-refractivity contribution in [2.75, 3.05) is 0 Å². The fourth-order valence-corrected chi connectivity index (χ4v) is 1.99. The summed E-state index contributed by atoms with van der Waals surface area (Å²) in [6, 6.07) is 3.76. The summed E-state index contributed by atoms with van der Waals surface area (Å²) < 4.78 is 84.2. The monoisotopic (exact) mass is 368 g/mol. The predicted molar refractivity (Wildman–Crippen MR) is 70.3 cm³/mol. The molecule has 0 bridgehead atoms. The van der Waals surface area contributed by atoms with E-state index in [1.807, 2.05) is 0 Å². The topological polar surface area (TPSA) is 60.4 Å². The number of carbonyl (C=O) groups is 2. The lowest BCUT2D eigenvalue weighted by molar-refractivity contribution is -0.0902. The first-order valence-corrected chi connectivity index (χ1v) is 6.68. The van der Waals surface area contributed by atoms with Crippen LogP contribution >= 0.6 is 0 Å². The molecule has 0 saturated carbocycles. The molecule has 0 amide bonds. The fourth-order valence-electron chi connectivity index (χ4n) is 1.99. The minimum absolute atomic E-state index is 0.152. The smallest absolute Gasteiger partial charge is 0.457 e. The Bertz CT molecular complexity index is 740. The molecule has 0 aliphatic rings. The number of alkyl halides is 6. The van der Waals surface area contributed by atoms with E-state index in [9.17, 15) is 35.9 Å². The van der Waals surface area contributed by atoms with Crippen LogP contribution in [0.3, 0.4) is 0 Å². The van der Waals surface area contributed by atoms with E-state index in [-0.39, 0.29) is 11.5 Å². The Hall–Kier alpha value is -2.52. The van der Waals surface area contributed by atoms with Crippen molar-refractivity contribution in [3.63, 3.8) is 0 Å². The highest BCUT2D eigenvalue weighted by atomic mass is 19.4. The Morgan fingerprint density at radius 2 is 1.04 bits per heavy atom. The summed E-state index contributed by atoms with van der Waals surface area (Å²) in [4.78, 5) is 22.3. The molecule has 0 spiro atoms. The second kappa shape index (κ2) is 5.78. The van der Waals surface area contributed by atoms with E-state index in [2.05, 4.69) is 0 Å². The molecule has 2 heterocycles. The van der Waals surface area contributed by atoms with E-state index in [1.54, 1.807) is 0 Å². The van der Waals surface area contributed by atoms with Crippen LogP contribution in [0.5, 0.6) is 0 Å². The van der Waals surface area contributed by atoms with E-state index in [1.165, 1.54) is 13.8 Å². The van der Waals surface area contributed by atoms with Crippen LogP contribution in [-0.2, 0) is 5.41 Å². The summed E-state index contributed by atoms with van der Waals surface area (Å²) in [5.74, 6) is -6.62. The van der Waals surface area contributed by atoms with Crippen molar-refractivity contribution < 1.29 is 44.8 Å². The molecule has 0 saturated heterocycles. The summed E-state index contributed by atoms with van der Waals surface area (Å²) >= 11 is 0. The van der Waals surface area contributed by atoms with E-state index in [0.29, 0.717) is 0 Å². The summed E-state index contributed by atoms with van der Waals surface area (Å²) in [5.41, 5.74) is -1.33. The van der Waals surface area contributed by atoms with Gasteiger partial charge in [0.15, 0.2) is 11.5 Å². The molecule has 2 rings (SSSR count). The first kappa shape index (κ1) is 18.8. The Morgan fingerprint density at radius 1 is 0.720 bits per heavy atom. The minimum Gasteiger partial charge on any atom is -0.457 e. The van der Waals surface area contributed by atoms with E-state index in [0.717, 1.165) is 24.3 Å². The number of hydrogen-bond donors (Lipinski definition) is 0. The van der Waals surface area contributed by atoms with Gasteiger partial charge in [0, 0.05) is 0 Å². The summed E-state index contributed by atoms with van der Waals surface area (Å²) in [7, 11) is 0. The Labute approximate surface area is 136 Å². The van der Waals surface area contributed by atoms with Crippen LogP contribution in [0.25, 0.3) is 0 Å². The minimum atomic E-state index is -5.13.